The molecule has 0 aliphatic rings. The van der Waals surface area contributed by atoms with Gasteiger partial charge < -0.3 is 10.2 Å². The molecule has 0 amide bonds. The van der Waals surface area contributed by atoms with Crippen LogP contribution in [-0.4, -0.2) is 58.0 Å². The normalized spacial score (nSPS) is 11.8. The summed E-state index contributed by atoms with van der Waals surface area (Å²) in [5.74, 6) is 0.852. The molecule has 0 fully saturated rings. The van der Waals surface area contributed by atoms with Gasteiger partial charge in [-0.1, -0.05) is 12.1 Å². The molecule has 2 N–H and O–H groups in total. The van der Waals surface area contributed by atoms with Crippen LogP contribution in [0.15, 0.2) is 34.2 Å². The highest BCUT2D eigenvalue weighted by Gasteiger charge is 2.08. The van der Waals surface area contributed by atoms with Gasteiger partial charge in [-0.25, -0.2) is 13.1 Å². The van der Waals surface area contributed by atoms with Crippen molar-refractivity contribution in [1.29, 1.82) is 0 Å². The molecule has 0 spiro atoms. The number of thioether (sulfide) groups is 1. The Hall–Kier alpha value is -0.520. The Morgan fingerprint density at radius 2 is 1.88 bits per heavy atom. The molecule has 9 heteroatoms. The maximum absolute atomic E-state index is 11.4. The zero-order valence-corrected chi connectivity index (χ0v) is 19.2. The molecule has 144 valence electrons. The molecule has 0 atom stereocenters. The summed E-state index contributed by atoms with van der Waals surface area (Å²) in [5.41, 5.74) is 1.20. The maximum atomic E-state index is 11.4. The van der Waals surface area contributed by atoms with E-state index >= 15 is 0 Å². The topological polar surface area (TPSA) is 73.8 Å². The fourth-order valence-corrected chi connectivity index (χ4v) is 3.03. The minimum absolute atomic E-state index is 0. The molecule has 1 aromatic rings. The second-order valence-corrected chi connectivity index (χ2v) is 8.21. The van der Waals surface area contributed by atoms with Crippen LogP contribution < -0.4 is 10.0 Å². The average molecular weight is 500 g/mol. The molecule has 0 saturated carbocycles. The molecule has 0 aliphatic carbocycles. The van der Waals surface area contributed by atoms with Gasteiger partial charge >= 0.3 is 0 Å². The fraction of sp³-hybridized carbons (Fsp3) is 0.562. The number of hydrogen-bond acceptors (Lipinski definition) is 4. The highest BCUT2D eigenvalue weighted by molar-refractivity contribution is 14.0. The summed E-state index contributed by atoms with van der Waals surface area (Å²) < 4.78 is 25.3. The lowest BCUT2D eigenvalue weighted by molar-refractivity contribution is 0.476. The van der Waals surface area contributed by atoms with Gasteiger partial charge in [-0.2, -0.15) is 0 Å². The molecule has 1 rings (SSSR count). The van der Waals surface area contributed by atoms with Gasteiger partial charge in [0.25, 0.3) is 0 Å². The van der Waals surface area contributed by atoms with E-state index in [9.17, 15) is 8.42 Å². The Labute approximate surface area is 173 Å². The predicted molar refractivity (Wildman–Crippen MR) is 119 cm³/mol. The molecule has 0 unspecified atom stereocenters. The SMILES string of the molecule is CCNC(=NCCNS(=O)(=O)CC)N(C)Cc1ccc(SC)cc1.I. The number of nitrogens with zero attached hydrogens (tertiary/aromatic N) is 2. The van der Waals surface area contributed by atoms with Crippen molar-refractivity contribution >= 4 is 51.7 Å². The standard InChI is InChI=1S/C16H28N4O2S2.HI/c1-5-17-16(18-11-12-19-24(21,22)6-2)20(3)13-14-7-9-15(23-4)10-8-14;/h7-10,19H,5-6,11-13H2,1-4H3,(H,17,18);1H. The number of halogens is 1. The zero-order valence-electron chi connectivity index (χ0n) is 15.3. The van der Waals surface area contributed by atoms with Crippen molar-refractivity contribution in [3.8, 4) is 0 Å². The zero-order chi connectivity index (χ0) is 18.0. The smallest absolute Gasteiger partial charge is 0.211 e. The van der Waals surface area contributed by atoms with E-state index in [-0.39, 0.29) is 29.7 Å². The lowest BCUT2D eigenvalue weighted by Gasteiger charge is -2.22. The number of benzene rings is 1. The number of rotatable bonds is 9. The van der Waals surface area contributed by atoms with Crippen LogP contribution in [0.2, 0.25) is 0 Å². The van der Waals surface area contributed by atoms with Crippen LogP contribution >= 0.6 is 35.7 Å². The van der Waals surface area contributed by atoms with Gasteiger partial charge in [0.05, 0.1) is 12.3 Å². The fourth-order valence-electron chi connectivity index (χ4n) is 2.01. The van der Waals surface area contributed by atoms with Gasteiger partial charge in [0.2, 0.25) is 10.0 Å². The Morgan fingerprint density at radius 1 is 1.24 bits per heavy atom. The Bertz CT molecular complexity index is 622. The third-order valence-electron chi connectivity index (χ3n) is 3.35. The molecule has 25 heavy (non-hydrogen) atoms. The summed E-state index contributed by atoms with van der Waals surface area (Å²) in [7, 11) is -1.19. The summed E-state index contributed by atoms with van der Waals surface area (Å²) in [6.07, 6.45) is 2.06. The minimum atomic E-state index is -3.16. The van der Waals surface area contributed by atoms with E-state index in [0.717, 1.165) is 19.0 Å². The second-order valence-electron chi connectivity index (χ2n) is 5.24. The molecule has 0 radical (unpaired) electrons. The van der Waals surface area contributed by atoms with Crippen molar-refractivity contribution in [3.05, 3.63) is 29.8 Å². The summed E-state index contributed by atoms with van der Waals surface area (Å²) in [5, 5.41) is 3.23. The van der Waals surface area contributed by atoms with E-state index < -0.39 is 10.0 Å². The highest BCUT2D eigenvalue weighted by Crippen LogP contribution is 2.15. The molecule has 0 saturated heterocycles. The molecule has 0 heterocycles. The molecule has 1 aromatic carbocycles. The van der Waals surface area contributed by atoms with Crippen molar-refractivity contribution in [3.63, 3.8) is 0 Å². The maximum Gasteiger partial charge on any atom is 0.211 e. The first-order chi connectivity index (χ1) is 11.4. The Balaban J connectivity index is 0.00000576. The van der Waals surface area contributed by atoms with E-state index in [1.54, 1.807) is 18.7 Å². The van der Waals surface area contributed by atoms with Crippen molar-refractivity contribution in [2.45, 2.75) is 25.3 Å². The lowest BCUT2D eigenvalue weighted by Crippen LogP contribution is -2.39. The summed E-state index contributed by atoms with van der Waals surface area (Å²) >= 11 is 1.72. The van der Waals surface area contributed by atoms with E-state index in [0.29, 0.717) is 13.1 Å². The van der Waals surface area contributed by atoms with Gasteiger partial charge in [0, 0.05) is 31.6 Å². The van der Waals surface area contributed by atoms with Gasteiger partial charge in [-0.15, -0.1) is 35.7 Å². The molecule has 6 nitrogen and oxygen atoms in total. The first-order valence-corrected chi connectivity index (χ1v) is 10.9. The average Bonchev–Trinajstić information content (AvgIpc) is 2.58. The first kappa shape index (κ1) is 24.5. The van der Waals surface area contributed by atoms with Crippen LogP contribution in [0.25, 0.3) is 0 Å². The van der Waals surface area contributed by atoms with E-state index in [1.165, 1.54) is 10.5 Å². The van der Waals surface area contributed by atoms with Gasteiger partial charge in [-0.3, -0.25) is 4.99 Å². The Kier molecular flexibility index (Phi) is 12.5. The predicted octanol–water partition coefficient (Wildman–Crippen LogP) is 2.36. The molecular formula is C16H29IN4O2S2. The van der Waals surface area contributed by atoms with Gasteiger partial charge in [-0.05, 0) is 37.8 Å². The summed E-state index contributed by atoms with van der Waals surface area (Å²) in [4.78, 5) is 7.76. The third-order valence-corrected chi connectivity index (χ3v) is 5.50. The Morgan fingerprint density at radius 3 is 2.40 bits per heavy atom. The van der Waals surface area contributed by atoms with Crippen molar-refractivity contribution < 1.29 is 8.42 Å². The first-order valence-electron chi connectivity index (χ1n) is 8.01. The highest BCUT2D eigenvalue weighted by atomic mass is 127. The van der Waals surface area contributed by atoms with Crippen LogP contribution in [0.5, 0.6) is 0 Å². The molecule has 0 aromatic heterocycles. The van der Waals surface area contributed by atoms with Crippen molar-refractivity contribution in [1.82, 2.24) is 14.9 Å². The number of hydrogen-bond donors (Lipinski definition) is 2. The quantitative estimate of drug-likeness (QED) is 0.179. The van der Waals surface area contributed by atoms with Crippen LogP contribution in [0.1, 0.15) is 19.4 Å². The van der Waals surface area contributed by atoms with Gasteiger partial charge in [0.1, 0.15) is 0 Å². The van der Waals surface area contributed by atoms with Crippen LogP contribution in [0.4, 0.5) is 0 Å². The monoisotopic (exact) mass is 500 g/mol. The van der Waals surface area contributed by atoms with Gasteiger partial charge in [0.15, 0.2) is 5.96 Å². The number of nitrogens with one attached hydrogen (secondary N) is 2. The largest absolute Gasteiger partial charge is 0.357 e. The minimum Gasteiger partial charge on any atom is -0.357 e. The van der Waals surface area contributed by atoms with E-state index in [1.807, 2.05) is 18.9 Å². The molecule has 0 aliphatic heterocycles. The third kappa shape index (κ3) is 9.66. The van der Waals surface area contributed by atoms with Crippen molar-refractivity contribution in [2.24, 2.45) is 4.99 Å². The number of guanidine groups is 1. The van der Waals surface area contributed by atoms with E-state index in [4.69, 9.17) is 0 Å². The van der Waals surface area contributed by atoms with Crippen LogP contribution in [0, 0.1) is 0 Å². The second kappa shape index (κ2) is 12.8. The molecule has 0 bridgehead atoms. The summed E-state index contributed by atoms with van der Waals surface area (Å²) in [6.45, 7) is 5.83. The van der Waals surface area contributed by atoms with Crippen LogP contribution in [-0.2, 0) is 16.6 Å². The van der Waals surface area contributed by atoms with Crippen LogP contribution in [0.3, 0.4) is 0 Å². The van der Waals surface area contributed by atoms with E-state index in [2.05, 4.69) is 45.6 Å². The molecular weight excluding hydrogens is 471 g/mol. The lowest BCUT2D eigenvalue weighted by atomic mass is 10.2. The number of sulfonamides is 1. The van der Waals surface area contributed by atoms with Crippen molar-refractivity contribution in [2.75, 3.05) is 38.7 Å². The summed E-state index contributed by atoms with van der Waals surface area (Å²) in [6, 6.07) is 8.44. The number of aliphatic imine (C=N–C) groups is 1.